The Bertz CT molecular complexity index is 1150. The lowest BCUT2D eigenvalue weighted by Crippen LogP contribution is -2.44. The summed E-state index contributed by atoms with van der Waals surface area (Å²) in [5, 5.41) is 15.9. The number of aryl methyl sites for hydroxylation is 2. The first-order valence-corrected chi connectivity index (χ1v) is 11.7. The lowest BCUT2D eigenvalue weighted by atomic mass is 9.93. The molecule has 0 spiro atoms. The van der Waals surface area contributed by atoms with Gasteiger partial charge in [-0.05, 0) is 74.7 Å². The average Bonchev–Trinajstić information content (AvgIpc) is 2.84. The zero-order valence-electron chi connectivity index (χ0n) is 19.6. The minimum Gasteiger partial charge on any atom is -0.506 e. The molecular weight excluding hydrogens is 426 g/mol. The van der Waals surface area contributed by atoms with E-state index < -0.39 is 6.04 Å². The summed E-state index contributed by atoms with van der Waals surface area (Å²) < 4.78 is 0. The minimum absolute atomic E-state index is 0.0561. The van der Waals surface area contributed by atoms with Gasteiger partial charge < -0.3 is 15.7 Å². The number of piperidine rings is 1. The largest absolute Gasteiger partial charge is 0.506 e. The molecule has 1 saturated heterocycles. The molecule has 3 N–H and O–H groups in total. The minimum atomic E-state index is -0.441. The van der Waals surface area contributed by atoms with Gasteiger partial charge in [-0.1, -0.05) is 54.6 Å². The zero-order valence-corrected chi connectivity index (χ0v) is 19.6. The zero-order chi connectivity index (χ0) is 24.1. The fraction of sp³-hybridized carbons (Fsp3) is 0.286. The number of phenolic OH excluding ortho intramolecular Hbond substituents is 1. The summed E-state index contributed by atoms with van der Waals surface area (Å²) in [6.07, 6.45) is 1.28. The average molecular weight is 458 g/mol. The van der Waals surface area contributed by atoms with Gasteiger partial charge in [0.15, 0.2) is 0 Å². The van der Waals surface area contributed by atoms with E-state index in [0.29, 0.717) is 31.6 Å². The molecule has 3 aromatic rings. The van der Waals surface area contributed by atoms with Crippen LogP contribution in [0.15, 0.2) is 72.8 Å². The summed E-state index contributed by atoms with van der Waals surface area (Å²) in [6, 6.07) is 22.1. The number of rotatable bonds is 6. The van der Waals surface area contributed by atoms with Gasteiger partial charge >= 0.3 is 0 Å². The highest BCUT2D eigenvalue weighted by atomic mass is 16.3. The molecular formula is C28H31N3O3. The van der Waals surface area contributed by atoms with Crippen LogP contribution in [0.25, 0.3) is 0 Å². The van der Waals surface area contributed by atoms with Gasteiger partial charge in [0.05, 0.1) is 5.69 Å². The number of benzene rings is 3. The Labute approximate surface area is 200 Å². The summed E-state index contributed by atoms with van der Waals surface area (Å²) in [4.78, 5) is 28.5. The maximum absolute atomic E-state index is 13.5. The number of phenols is 1. The molecule has 4 rings (SSSR count). The Morgan fingerprint density at radius 2 is 1.56 bits per heavy atom. The molecule has 0 radical (unpaired) electrons. The standard InChI is InChI=1S/C28H31N3O3/c1-19-12-13-20(2)24(18-19)30-28(34)26(21-8-4-3-5-9-21)31-16-14-22(15-17-31)27(33)29-23-10-6-7-11-25(23)32/h3-13,18,22,26,32H,14-17H2,1-2H3,(H,29,33)(H,30,34)/t26-/m0/s1. The normalized spacial score (nSPS) is 15.5. The first-order chi connectivity index (χ1) is 16.4. The molecule has 0 aromatic heterocycles. The van der Waals surface area contributed by atoms with E-state index in [1.54, 1.807) is 24.3 Å². The summed E-state index contributed by atoms with van der Waals surface area (Å²) >= 11 is 0. The highest BCUT2D eigenvalue weighted by molar-refractivity contribution is 5.96. The SMILES string of the molecule is Cc1ccc(C)c(NC(=O)[C@H](c2ccccc2)N2CCC(C(=O)Nc3ccccc3O)CC2)c1. The molecule has 34 heavy (non-hydrogen) atoms. The van der Waals surface area contributed by atoms with E-state index in [2.05, 4.69) is 15.5 Å². The third-order valence-corrected chi connectivity index (χ3v) is 6.44. The molecule has 6 nitrogen and oxygen atoms in total. The number of aromatic hydroxyl groups is 1. The smallest absolute Gasteiger partial charge is 0.246 e. The van der Waals surface area contributed by atoms with Crippen molar-refractivity contribution in [3.63, 3.8) is 0 Å². The first kappa shape index (κ1) is 23.5. The number of anilines is 2. The molecule has 0 aliphatic carbocycles. The van der Waals surface area contributed by atoms with E-state index in [1.165, 1.54) is 0 Å². The fourth-order valence-corrected chi connectivity index (χ4v) is 4.47. The van der Waals surface area contributed by atoms with Crippen LogP contribution >= 0.6 is 0 Å². The molecule has 0 saturated carbocycles. The number of carbonyl (C=O) groups excluding carboxylic acids is 2. The van der Waals surface area contributed by atoms with Crippen molar-refractivity contribution >= 4 is 23.2 Å². The van der Waals surface area contributed by atoms with Gasteiger partial charge in [0, 0.05) is 11.6 Å². The maximum atomic E-state index is 13.5. The number of hydrogen-bond acceptors (Lipinski definition) is 4. The van der Waals surface area contributed by atoms with E-state index in [9.17, 15) is 14.7 Å². The van der Waals surface area contributed by atoms with E-state index in [-0.39, 0.29) is 23.5 Å². The molecule has 1 atom stereocenters. The summed E-state index contributed by atoms with van der Waals surface area (Å²) in [7, 11) is 0. The van der Waals surface area contributed by atoms with E-state index in [1.807, 2.05) is 62.4 Å². The lowest BCUT2D eigenvalue weighted by Gasteiger charge is -2.36. The van der Waals surface area contributed by atoms with Crippen molar-refractivity contribution in [2.45, 2.75) is 32.7 Å². The topological polar surface area (TPSA) is 81.7 Å². The van der Waals surface area contributed by atoms with Crippen LogP contribution in [0.1, 0.15) is 35.6 Å². The molecule has 1 fully saturated rings. The monoisotopic (exact) mass is 457 g/mol. The van der Waals surface area contributed by atoms with Crippen molar-refractivity contribution in [1.29, 1.82) is 0 Å². The lowest BCUT2D eigenvalue weighted by molar-refractivity contribution is -0.124. The Morgan fingerprint density at radius 1 is 0.882 bits per heavy atom. The van der Waals surface area contributed by atoms with Gasteiger partial charge in [0.1, 0.15) is 11.8 Å². The van der Waals surface area contributed by atoms with Gasteiger partial charge in [-0.3, -0.25) is 14.5 Å². The van der Waals surface area contributed by atoms with Crippen molar-refractivity contribution in [1.82, 2.24) is 4.90 Å². The molecule has 1 aliphatic heterocycles. The van der Waals surface area contributed by atoms with Gasteiger partial charge in [-0.2, -0.15) is 0 Å². The molecule has 0 unspecified atom stereocenters. The first-order valence-electron chi connectivity index (χ1n) is 11.7. The Morgan fingerprint density at radius 3 is 2.26 bits per heavy atom. The number of likely N-dealkylation sites (tertiary alicyclic amines) is 1. The Balaban J connectivity index is 1.47. The maximum Gasteiger partial charge on any atom is 0.246 e. The van der Waals surface area contributed by atoms with Crippen LogP contribution in [-0.4, -0.2) is 34.9 Å². The van der Waals surface area contributed by atoms with Gasteiger partial charge in [-0.15, -0.1) is 0 Å². The van der Waals surface area contributed by atoms with Crippen molar-refractivity contribution in [2.24, 2.45) is 5.92 Å². The second-order valence-electron chi connectivity index (χ2n) is 8.94. The Kier molecular flexibility index (Phi) is 7.28. The molecule has 1 heterocycles. The molecule has 0 bridgehead atoms. The van der Waals surface area contributed by atoms with E-state index >= 15 is 0 Å². The van der Waals surface area contributed by atoms with Crippen LogP contribution < -0.4 is 10.6 Å². The van der Waals surface area contributed by atoms with Gasteiger partial charge in [-0.25, -0.2) is 0 Å². The summed E-state index contributed by atoms with van der Waals surface area (Å²) in [6.45, 7) is 5.24. The third kappa shape index (κ3) is 5.46. The van der Waals surface area contributed by atoms with Gasteiger partial charge in [0.25, 0.3) is 0 Å². The predicted molar refractivity (Wildman–Crippen MR) is 135 cm³/mol. The quantitative estimate of drug-likeness (QED) is 0.453. The Hall–Kier alpha value is -3.64. The van der Waals surface area contributed by atoms with Crippen molar-refractivity contribution in [3.8, 4) is 5.75 Å². The molecule has 1 aliphatic rings. The highest BCUT2D eigenvalue weighted by Crippen LogP contribution is 2.30. The number of nitrogens with zero attached hydrogens (tertiary/aromatic N) is 1. The van der Waals surface area contributed by atoms with Crippen LogP contribution in [0.3, 0.4) is 0 Å². The van der Waals surface area contributed by atoms with Crippen LogP contribution in [0.5, 0.6) is 5.75 Å². The number of para-hydroxylation sites is 2. The molecule has 2 amide bonds. The number of nitrogens with one attached hydrogen (secondary N) is 2. The number of hydrogen-bond donors (Lipinski definition) is 3. The summed E-state index contributed by atoms with van der Waals surface area (Å²) in [5.74, 6) is -0.288. The second kappa shape index (κ2) is 10.5. The van der Waals surface area contributed by atoms with Crippen LogP contribution in [0.2, 0.25) is 0 Å². The third-order valence-electron chi connectivity index (χ3n) is 6.44. The fourth-order valence-electron chi connectivity index (χ4n) is 4.47. The van der Waals surface area contributed by atoms with Crippen LogP contribution in [-0.2, 0) is 9.59 Å². The summed E-state index contributed by atoms with van der Waals surface area (Å²) in [5.41, 5.74) is 4.29. The van der Waals surface area contributed by atoms with Gasteiger partial charge in [0.2, 0.25) is 11.8 Å². The number of amides is 2. The molecule has 6 heteroatoms. The van der Waals surface area contributed by atoms with Crippen molar-refractivity contribution in [3.05, 3.63) is 89.5 Å². The van der Waals surface area contributed by atoms with Crippen molar-refractivity contribution < 1.29 is 14.7 Å². The van der Waals surface area contributed by atoms with E-state index in [0.717, 1.165) is 22.4 Å². The van der Waals surface area contributed by atoms with E-state index in [4.69, 9.17) is 0 Å². The van der Waals surface area contributed by atoms with Crippen molar-refractivity contribution in [2.75, 3.05) is 23.7 Å². The highest BCUT2D eigenvalue weighted by Gasteiger charge is 2.33. The predicted octanol–water partition coefficient (Wildman–Crippen LogP) is 5.04. The number of carbonyl (C=O) groups is 2. The van der Waals surface area contributed by atoms with Crippen LogP contribution in [0, 0.1) is 19.8 Å². The second-order valence-corrected chi connectivity index (χ2v) is 8.94. The molecule has 3 aromatic carbocycles. The van der Waals surface area contributed by atoms with Crippen LogP contribution in [0.4, 0.5) is 11.4 Å². The molecule has 176 valence electrons.